The van der Waals surface area contributed by atoms with Gasteiger partial charge in [-0.2, -0.15) is 0 Å². The molecule has 0 aromatic carbocycles. The van der Waals surface area contributed by atoms with E-state index in [-0.39, 0.29) is 0 Å². The Morgan fingerprint density at radius 3 is 1.83 bits per heavy atom. The maximum atomic E-state index is 4.05. The predicted octanol–water partition coefficient (Wildman–Crippen LogP) is 3.18. The topological polar surface area (TPSA) is 12.0 Å². The summed E-state index contributed by atoms with van der Waals surface area (Å²) < 4.78 is 0. The molecule has 0 bridgehead atoms. The fourth-order valence-corrected chi connectivity index (χ4v) is 1.02. The first-order chi connectivity index (χ1) is 5.25. The normalized spacial score (nSPS) is 14.6. The third kappa shape index (κ3) is 3.80. The van der Waals surface area contributed by atoms with Crippen LogP contribution in [0.2, 0.25) is 0 Å². The molecule has 0 amide bonds. The lowest BCUT2D eigenvalue weighted by Crippen LogP contribution is -2.30. The minimum atomic E-state index is 0.305. The van der Waals surface area contributed by atoms with E-state index in [0.29, 0.717) is 17.4 Å². The molecule has 1 nitrogen and oxygen atoms in total. The van der Waals surface area contributed by atoms with E-state index in [4.69, 9.17) is 0 Å². The third-order valence-corrected chi connectivity index (χ3v) is 2.30. The molecule has 0 rings (SSSR count). The van der Waals surface area contributed by atoms with E-state index < -0.39 is 0 Å². The number of nitrogens with one attached hydrogen (secondary N) is 1. The summed E-state index contributed by atoms with van der Waals surface area (Å²) in [6.07, 6.45) is 0. The zero-order valence-corrected chi connectivity index (χ0v) is 9.36. The summed E-state index contributed by atoms with van der Waals surface area (Å²) in [6, 6.07) is 0.488. The van der Waals surface area contributed by atoms with Gasteiger partial charge in [-0.25, -0.2) is 0 Å². The van der Waals surface area contributed by atoms with Gasteiger partial charge < -0.3 is 5.32 Å². The van der Waals surface area contributed by atoms with Crippen LogP contribution < -0.4 is 5.32 Å². The largest absolute Gasteiger partial charge is 0.386 e. The molecule has 1 unspecified atom stereocenters. The van der Waals surface area contributed by atoms with Crippen molar-refractivity contribution in [3.8, 4) is 0 Å². The van der Waals surface area contributed by atoms with Crippen LogP contribution in [0, 0.1) is 11.3 Å². The van der Waals surface area contributed by atoms with E-state index in [0.717, 1.165) is 5.70 Å². The van der Waals surface area contributed by atoms with Gasteiger partial charge in [0.25, 0.3) is 0 Å². The van der Waals surface area contributed by atoms with Gasteiger partial charge in [-0.1, -0.05) is 34.3 Å². The maximum Gasteiger partial charge on any atom is 0.0201 e. The molecule has 12 heavy (non-hydrogen) atoms. The van der Waals surface area contributed by atoms with E-state index in [1.54, 1.807) is 0 Å². The molecule has 1 heteroatoms. The second-order valence-corrected chi connectivity index (χ2v) is 4.91. The van der Waals surface area contributed by atoms with Crippen LogP contribution in [0.4, 0.5) is 0 Å². The molecule has 0 fully saturated rings. The van der Waals surface area contributed by atoms with E-state index in [2.05, 4.69) is 53.4 Å². The second-order valence-electron chi connectivity index (χ2n) is 4.91. The van der Waals surface area contributed by atoms with Crippen molar-refractivity contribution in [2.75, 3.05) is 0 Å². The van der Waals surface area contributed by atoms with Crippen molar-refractivity contribution >= 4 is 0 Å². The van der Waals surface area contributed by atoms with Crippen molar-refractivity contribution < 1.29 is 0 Å². The molecule has 0 spiro atoms. The molecular weight excluding hydrogens is 146 g/mol. The highest BCUT2D eigenvalue weighted by Gasteiger charge is 2.22. The van der Waals surface area contributed by atoms with Gasteiger partial charge in [-0.05, 0) is 19.3 Å². The fourth-order valence-electron chi connectivity index (χ4n) is 1.02. The Balaban J connectivity index is 4.12. The number of rotatable bonds is 3. The summed E-state index contributed by atoms with van der Waals surface area (Å²) in [5, 5.41) is 3.35. The summed E-state index contributed by atoms with van der Waals surface area (Å²) >= 11 is 0. The summed E-state index contributed by atoms with van der Waals surface area (Å²) in [7, 11) is 0. The average molecular weight is 169 g/mol. The van der Waals surface area contributed by atoms with Gasteiger partial charge >= 0.3 is 0 Å². The molecule has 0 aliphatic heterocycles. The van der Waals surface area contributed by atoms with Gasteiger partial charge in [-0.3, -0.25) is 0 Å². The van der Waals surface area contributed by atoms with E-state index in [1.165, 1.54) is 0 Å². The third-order valence-electron chi connectivity index (χ3n) is 2.30. The quantitative estimate of drug-likeness (QED) is 0.684. The van der Waals surface area contributed by atoms with E-state index in [1.807, 2.05) is 0 Å². The highest BCUT2D eigenvalue weighted by Crippen LogP contribution is 2.29. The van der Waals surface area contributed by atoms with Crippen molar-refractivity contribution in [3.63, 3.8) is 0 Å². The average Bonchev–Trinajstić information content (AvgIpc) is 1.82. The Kier molecular flexibility index (Phi) is 3.82. The lowest BCUT2D eigenvalue weighted by atomic mass is 9.80. The van der Waals surface area contributed by atoms with Crippen molar-refractivity contribution in [2.45, 2.75) is 47.6 Å². The zero-order chi connectivity index (χ0) is 9.94. The van der Waals surface area contributed by atoms with Crippen LogP contribution >= 0.6 is 0 Å². The predicted molar refractivity (Wildman–Crippen MR) is 56.0 cm³/mol. The van der Waals surface area contributed by atoms with Crippen molar-refractivity contribution in [3.05, 3.63) is 12.3 Å². The number of hydrogen-bond donors (Lipinski definition) is 1. The van der Waals surface area contributed by atoms with Crippen LogP contribution in [-0.2, 0) is 0 Å². The molecule has 0 radical (unpaired) electrons. The minimum Gasteiger partial charge on any atom is -0.386 e. The van der Waals surface area contributed by atoms with Gasteiger partial charge in [0.05, 0.1) is 0 Å². The van der Waals surface area contributed by atoms with Crippen molar-refractivity contribution in [1.29, 1.82) is 0 Å². The Hall–Kier alpha value is -0.460. The van der Waals surface area contributed by atoms with Crippen LogP contribution in [0.1, 0.15) is 41.5 Å². The van der Waals surface area contributed by atoms with Crippen LogP contribution in [-0.4, -0.2) is 6.04 Å². The minimum absolute atomic E-state index is 0.305. The van der Waals surface area contributed by atoms with E-state index >= 15 is 0 Å². The first-order valence-corrected chi connectivity index (χ1v) is 4.70. The van der Waals surface area contributed by atoms with Gasteiger partial charge in [0.15, 0.2) is 0 Å². The Morgan fingerprint density at radius 2 is 1.58 bits per heavy atom. The SMILES string of the molecule is C=C(NC(C)C)C(C)C(C)(C)C. The first-order valence-electron chi connectivity index (χ1n) is 4.70. The molecule has 1 atom stereocenters. The van der Waals surface area contributed by atoms with Crippen molar-refractivity contribution in [1.82, 2.24) is 5.32 Å². The molecule has 0 saturated carbocycles. The standard InChI is InChI=1S/C11H23N/c1-8(2)12-10(4)9(3)11(5,6)7/h8-9,12H,4H2,1-3,5-7H3. The Morgan fingerprint density at radius 1 is 1.17 bits per heavy atom. The van der Waals surface area contributed by atoms with Gasteiger partial charge in [-0.15, -0.1) is 0 Å². The Bertz CT molecular complexity index is 151. The highest BCUT2D eigenvalue weighted by molar-refractivity contribution is 5.01. The Labute approximate surface area is 77.2 Å². The smallest absolute Gasteiger partial charge is 0.0201 e. The lowest BCUT2D eigenvalue weighted by molar-refractivity contribution is 0.286. The second kappa shape index (κ2) is 3.97. The van der Waals surface area contributed by atoms with E-state index in [9.17, 15) is 0 Å². The first kappa shape index (κ1) is 11.5. The molecule has 1 N–H and O–H groups in total. The summed E-state index contributed by atoms with van der Waals surface area (Å²) in [6.45, 7) is 17.3. The molecule has 0 aromatic rings. The molecule has 0 aliphatic rings. The molecule has 0 heterocycles. The highest BCUT2D eigenvalue weighted by atomic mass is 14.9. The zero-order valence-electron chi connectivity index (χ0n) is 9.36. The summed E-state index contributed by atoms with van der Waals surface area (Å²) in [5.41, 5.74) is 1.46. The molecule has 0 aromatic heterocycles. The number of allylic oxidation sites excluding steroid dienone is 1. The molecular formula is C11H23N. The van der Waals surface area contributed by atoms with Crippen LogP contribution in [0.3, 0.4) is 0 Å². The summed E-state index contributed by atoms with van der Waals surface area (Å²) in [5.74, 6) is 0.514. The van der Waals surface area contributed by atoms with Gasteiger partial charge in [0.1, 0.15) is 0 Å². The molecule has 0 aliphatic carbocycles. The maximum absolute atomic E-state index is 4.05. The fraction of sp³-hybridized carbons (Fsp3) is 0.818. The molecule has 0 saturated heterocycles. The van der Waals surface area contributed by atoms with Gasteiger partial charge in [0.2, 0.25) is 0 Å². The summed E-state index contributed by atoms with van der Waals surface area (Å²) in [4.78, 5) is 0. The van der Waals surface area contributed by atoms with Crippen LogP contribution in [0.15, 0.2) is 12.3 Å². The lowest BCUT2D eigenvalue weighted by Gasteiger charge is -2.30. The number of hydrogen-bond acceptors (Lipinski definition) is 1. The van der Waals surface area contributed by atoms with Crippen molar-refractivity contribution in [2.24, 2.45) is 11.3 Å². The monoisotopic (exact) mass is 169 g/mol. The van der Waals surface area contributed by atoms with Gasteiger partial charge in [0, 0.05) is 17.7 Å². The van der Waals surface area contributed by atoms with Crippen LogP contribution in [0.5, 0.6) is 0 Å². The van der Waals surface area contributed by atoms with Crippen LogP contribution in [0.25, 0.3) is 0 Å². The molecule has 72 valence electrons.